The number of nitrogens with zero attached hydrogens (tertiary/aromatic N) is 1. The summed E-state index contributed by atoms with van der Waals surface area (Å²) in [5, 5.41) is 8.86. The van der Waals surface area contributed by atoms with Crippen LogP contribution >= 0.6 is 0 Å². The van der Waals surface area contributed by atoms with Crippen LogP contribution < -0.4 is 10.6 Å². The number of carbonyl (C=O) groups is 1. The highest BCUT2D eigenvalue weighted by atomic mass is 16.4. The molecular weight excluding hydrogens is 216 g/mol. The Kier molecular flexibility index (Phi) is 2.96. The average Bonchev–Trinajstić information content (AvgIpc) is 2.93. The summed E-state index contributed by atoms with van der Waals surface area (Å²) in [5.74, 6) is 0.609. The van der Waals surface area contributed by atoms with E-state index in [0.29, 0.717) is 5.69 Å². The summed E-state index contributed by atoms with van der Waals surface area (Å²) in [7, 11) is 2.00. The summed E-state index contributed by atoms with van der Waals surface area (Å²) in [6.07, 6.45) is 1.28. The molecule has 1 fully saturated rings. The lowest BCUT2D eigenvalue weighted by molar-refractivity contribution is 0.0697. The van der Waals surface area contributed by atoms with Crippen molar-refractivity contribution in [2.24, 2.45) is 11.8 Å². The van der Waals surface area contributed by atoms with Gasteiger partial charge in [0, 0.05) is 13.6 Å². The normalized spacial score (nSPS) is 22.2. The first kappa shape index (κ1) is 11.8. The Morgan fingerprint density at radius 2 is 2.24 bits per heavy atom. The minimum atomic E-state index is -0.943. The molecule has 0 amide bonds. The smallest absolute Gasteiger partial charge is 0.335 e. The fourth-order valence-corrected chi connectivity index (χ4v) is 2.14. The molecule has 4 nitrogen and oxygen atoms in total. The van der Waals surface area contributed by atoms with Crippen molar-refractivity contribution in [3.05, 3.63) is 23.8 Å². The number of nitrogens with two attached hydrogens (primary N) is 1. The molecule has 0 aromatic heterocycles. The van der Waals surface area contributed by atoms with Gasteiger partial charge in [0.2, 0.25) is 0 Å². The average molecular weight is 234 g/mol. The van der Waals surface area contributed by atoms with Crippen LogP contribution in [0.3, 0.4) is 0 Å². The number of rotatable bonds is 4. The maximum absolute atomic E-state index is 10.8. The second-order valence-corrected chi connectivity index (χ2v) is 4.93. The van der Waals surface area contributed by atoms with Crippen LogP contribution in [0.1, 0.15) is 23.7 Å². The van der Waals surface area contributed by atoms with Gasteiger partial charge in [0.15, 0.2) is 0 Å². The van der Waals surface area contributed by atoms with Gasteiger partial charge in [0.25, 0.3) is 0 Å². The van der Waals surface area contributed by atoms with E-state index in [1.807, 2.05) is 7.05 Å². The van der Waals surface area contributed by atoms with Gasteiger partial charge in [-0.3, -0.25) is 0 Å². The van der Waals surface area contributed by atoms with Gasteiger partial charge in [-0.05, 0) is 36.5 Å². The molecule has 0 radical (unpaired) electrons. The highest BCUT2D eigenvalue weighted by Crippen LogP contribution is 2.39. The fraction of sp³-hybridized carbons (Fsp3) is 0.462. The van der Waals surface area contributed by atoms with Crippen molar-refractivity contribution in [1.82, 2.24) is 0 Å². The Balaban J connectivity index is 2.12. The summed E-state index contributed by atoms with van der Waals surface area (Å²) < 4.78 is 0. The third-order valence-electron chi connectivity index (χ3n) is 3.47. The molecule has 92 valence electrons. The summed E-state index contributed by atoms with van der Waals surface area (Å²) >= 11 is 0. The molecule has 1 aromatic rings. The van der Waals surface area contributed by atoms with E-state index in [-0.39, 0.29) is 5.56 Å². The van der Waals surface area contributed by atoms with Crippen LogP contribution in [-0.4, -0.2) is 24.7 Å². The van der Waals surface area contributed by atoms with Gasteiger partial charge >= 0.3 is 5.97 Å². The SMILES string of the molecule is CC1CC1CN(C)c1ccc(C(=O)O)cc1N. The van der Waals surface area contributed by atoms with Crippen molar-refractivity contribution in [3.63, 3.8) is 0 Å². The van der Waals surface area contributed by atoms with Gasteiger partial charge in [-0.25, -0.2) is 4.79 Å². The number of benzene rings is 1. The zero-order valence-electron chi connectivity index (χ0n) is 10.2. The Bertz CT molecular complexity index is 445. The molecule has 4 heteroatoms. The van der Waals surface area contributed by atoms with Crippen LogP contribution in [0.2, 0.25) is 0 Å². The monoisotopic (exact) mass is 234 g/mol. The van der Waals surface area contributed by atoms with Crippen LogP contribution in [0.5, 0.6) is 0 Å². The van der Waals surface area contributed by atoms with E-state index in [1.54, 1.807) is 12.1 Å². The van der Waals surface area contributed by atoms with Crippen LogP contribution in [0.25, 0.3) is 0 Å². The van der Waals surface area contributed by atoms with E-state index < -0.39 is 5.97 Å². The van der Waals surface area contributed by atoms with Gasteiger partial charge in [-0.1, -0.05) is 6.92 Å². The zero-order valence-corrected chi connectivity index (χ0v) is 10.2. The molecule has 0 bridgehead atoms. The molecule has 0 spiro atoms. The Morgan fingerprint density at radius 3 is 2.71 bits per heavy atom. The van der Waals surface area contributed by atoms with E-state index in [9.17, 15) is 4.79 Å². The molecule has 0 heterocycles. The summed E-state index contributed by atoms with van der Waals surface area (Å²) in [4.78, 5) is 12.9. The maximum Gasteiger partial charge on any atom is 0.335 e. The molecule has 0 saturated heterocycles. The van der Waals surface area contributed by atoms with Crippen molar-refractivity contribution in [2.75, 3.05) is 24.2 Å². The van der Waals surface area contributed by atoms with Crippen molar-refractivity contribution >= 4 is 17.3 Å². The molecule has 3 N–H and O–H groups in total. The molecular formula is C13H18N2O2. The number of anilines is 2. The molecule has 17 heavy (non-hydrogen) atoms. The van der Waals surface area contributed by atoms with E-state index in [0.717, 1.165) is 24.1 Å². The van der Waals surface area contributed by atoms with Crippen molar-refractivity contribution < 1.29 is 9.90 Å². The topological polar surface area (TPSA) is 66.6 Å². The zero-order chi connectivity index (χ0) is 12.6. The standard InChI is InChI=1S/C13H18N2O2/c1-8-5-10(8)7-15(2)12-4-3-9(13(16)17)6-11(12)14/h3-4,6,8,10H,5,7,14H2,1-2H3,(H,16,17). The molecule has 0 aliphatic heterocycles. The second kappa shape index (κ2) is 4.28. The second-order valence-electron chi connectivity index (χ2n) is 4.93. The number of hydrogen-bond donors (Lipinski definition) is 2. The lowest BCUT2D eigenvalue weighted by Gasteiger charge is -2.21. The third kappa shape index (κ3) is 2.52. The third-order valence-corrected chi connectivity index (χ3v) is 3.47. The van der Waals surface area contributed by atoms with Crippen molar-refractivity contribution in [2.45, 2.75) is 13.3 Å². The first-order valence-electron chi connectivity index (χ1n) is 5.83. The number of carboxylic acids is 1. The van der Waals surface area contributed by atoms with Gasteiger partial charge in [0.05, 0.1) is 16.9 Å². The van der Waals surface area contributed by atoms with Crippen LogP contribution in [0.4, 0.5) is 11.4 Å². The molecule has 2 rings (SSSR count). The first-order chi connectivity index (χ1) is 7.99. The van der Waals surface area contributed by atoms with Crippen molar-refractivity contribution in [3.8, 4) is 0 Å². The van der Waals surface area contributed by atoms with Crippen LogP contribution in [-0.2, 0) is 0 Å². The Hall–Kier alpha value is -1.71. The summed E-state index contributed by atoms with van der Waals surface area (Å²) in [5.41, 5.74) is 7.56. The van der Waals surface area contributed by atoms with E-state index in [4.69, 9.17) is 10.8 Å². The molecule has 2 atom stereocenters. The molecule has 1 aliphatic rings. The minimum absolute atomic E-state index is 0.236. The lowest BCUT2D eigenvalue weighted by Crippen LogP contribution is -2.21. The minimum Gasteiger partial charge on any atom is -0.478 e. The van der Waals surface area contributed by atoms with Crippen LogP contribution in [0.15, 0.2) is 18.2 Å². The van der Waals surface area contributed by atoms with Gasteiger partial charge < -0.3 is 15.7 Å². The number of carboxylic acid groups (broad SMARTS) is 1. The summed E-state index contributed by atoms with van der Waals surface area (Å²) in [6.45, 7) is 3.23. The predicted molar refractivity (Wildman–Crippen MR) is 68.4 cm³/mol. The number of aromatic carboxylic acids is 1. The number of hydrogen-bond acceptors (Lipinski definition) is 3. The summed E-state index contributed by atoms with van der Waals surface area (Å²) in [6, 6.07) is 4.90. The highest BCUT2D eigenvalue weighted by molar-refractivity contribution is 5.90. The highest BCUT2D eigenvalue weighted by Gasteiger charge is 2.33. The largest absolute Gasteiger partial charge is 0.478 e. The molecule has 1 aromatic carbocycles. The van der Waals surface area contributed by atoms with Gasteiger partial charge in [-0.2, -0.15) is 0 Å². The van der Waals surface area contributed by atoms with E-state index >= 15 is 0 Å². The first-order valence-corrected chi connectivity index (χ1v) is 5.83. The molecule has 2 unspecified atom stereocenters. The van der Waals surface area contributed by atoms with Gasteiger partial charge in [-0.15, -0.1) is 0 Å². The van der Waals surface area contributed by atoms with Gasteiger partial charge in [0.1, 0.15) is 0 Å². The van der Waals surface area contributed by atoms with E-state index in [2.05, 4.69) is 11.8 Å². The lowest BCUT2D eigenvalue weighted by atomic mass is 10.1. The maximum atomic E-state index is 10.8. The fourth-order valence-electron chi connectivity index (χ4n) is 2.14. The molecule has 1 aliphatic carbocycles. The Labute approximate surface area is 101 Å². The van der Waals surface area contributed by atoms with Crippen molar-refractivity contribution in [1.29, 1.82) is 0 Å². The quantitative estimate of drug-likeness (QED) is 0.782. The van der Waals surface area contributed by atoms with Crippen LogP contribution in [0, 0.1) is 11.8 Å². The Morgan fingerprint density at radius 1 is 1.59 bits per heavy atom. The molecule has 1 saturated carbocycles. The predicted octanol–water partition coefficient (Wildman–Crippen LogP) is 2.06. The van der Waals surface area contributed by atoms with E-state index in [1.165, 1.54) is 12.5 Å². The number of nitrogen functional groups attached to an aromatic ring is 1.